The van der Waals surface area contributed by atoms with Crippen molar-refractivity contribution >= 4 is 10.9 Å². The highest BCUT2D eigenvalue weighted by atomic mass is 16.5. The van der Waals surface area contributed by atoms with E-state index in [1.54, 1.807) is 0 Å². The minimum atomic E-state index is 0.108. The summed E-state index contributed by atoms with van der Waals surface area (Å²) in [7, 11) is 2.00. The third-order valence-corrected chi connectivity index (χ3v) is 5.43. The lowest BCUT2D eigenvalue weighted by atomic mass is 10.1. The van der Waals surface area contributed by atoms with E-state index in [4.69, 9.17) is 14.5 Å². The summed E-state index contributed by atoms with van der Waals surface area (Å²) >= 11 is 0. The number of aryl methyl sites for hydroxylation is 2. The van der Waals surface area contributed by atoms with E-state index in [2.05, 4.69) is 9.80 Å². The summed E-state index contributed by atoms with van der Waals surface area (Å²) in [6.07, 6.45) is 1.91. The number of ether oxygens (including phenoxy) is 2. The lowest BCUT2D eigenvalue weighted by Gasteiger charge is -2.28. The Morgan fingerprint density at radius 2 is 1.59 bits per heavy atom. The van der Waals surface area contributed by atoms with E-state index in [-0.39, 0.29) is 5.43 Å². The summed E-state index contributed by atoms with van der Waals surface area (Å²) in [5.41, 5.74) is 3.78. The highest BCUT2D eigenvalue weighted by molar-refractivity contribution is 5.82. The molecule has 0 bridgehead atoms. The molecule has 146 valence electrons. The molecule has 7 nitrogen and oxygen atoms in total. The first-order valence-corrected chi connectivity index (χ1v) is 9.71. The fourth-order valence-electron chi connectivity index (χ4n) is 3.99. The maximum Gasteiger partial charge on any atom is 0.192 e. The maximum atomic E-state index is 12.9. The Morgan fingerprint density at radius 3 is 2.22 bits per heavy atom. The fraction of sp³-hybridized carbons (Fsp3) is 0.600. The van der Waals surface area contributed by atoms with Gasteiger partial charge >= 0.3 is 0 Å². The van der Waals surface area contributed by atoms with Gasteiger partial charge in [-0.3, -0.25) is 19.6 Å². The highest BCUT2D eigenvalue weighted by Crippen LogP contribution is 2.20. The first kappa shape index (κ1) is 18.6. The smallest absolute Gasteiger partial charge is 0.192 e. The van der Waals surface area contributed by atoms with Gasteiger partial charge in [0.05, 0.1) is 43.3 Å². The lowest BCUT2D eigenvalue weighted by molar-refractivity contribution is 0.0324. The van der Waals surface area contributed by atoms with Crippen molar-refractivity contribution in [1.29, 1.82) is 0 Å². The molecule has 0 saturated carbocycles. The van der Waals surface area contributed by atoms with E-state index in [1.807, 2.05) is 30.8 Å². The quantitative estimate of drug-likeness (QED) is 0.795. The van der Waals surface area contributed by atoms with Gasteiger partial charge in [-0.2, -0.15) is 0 Å². The Balaban J connectivity index is 1.74. The van der Waals surface area contributed by atoms with Gasteiger partial charge in [0.1, 0.15) is 0 Å². The normalized spacial score (nSPS) is 19.6. The summed E-state index contributed by atoms with van der Waals surface area (Å²) in [6.45, 7) is 10.0. The molecule has 7 heteroatoms. The molecule has 0 N–H and O–H groups in total. The van der Waals surface area contributed by atoms with Crippen LogP contribution in [-0.4, -0.2) is 72.0 Å². The SMILES string of the molecule is Cc1cn(C)c2c(CN3CCOCC3)nc(CN3CCOCC3)cc2c1=O. The molecule has 0 atom stereocenters. The van der Waals surface area contributed by atoms with Crippen LogP contribution < -0.4 is 5.43 Å². The van der Waals surface area contributed by atoms with Crippen LogP contribution in [0.4, 0.5) is 0 Å². The molecule has 0 unspecified atom stereocenters. The van der Waals surface area contributed by atoms with Crippen LogP contribution >= 0.6 is 0 Å². The molecule has 2 aliphatic rings. The van der Waals surface area contributed by atoms with E-state index in [1.165, 1.54) is 0 Å². The lowest BCUT2D eigenvalue weighted by Crippen LogP contribution is -2.37. The van der Waals surface area contributed by atoms with E-state index in [0.29, 0.717) is 0 Å². The monoisotopic (exact) mass is 372 g/mol. The number of hydrogen-bond donors (Lipinski definition) is 0. The van der Waals surface area contributed by atoms with Crippen molar-refractivity contribution in [2.24, 2.45) is 7.05 Å². The average molecular weight is 372 g/mol. The van der Waals surface area contributed by atoms with Crippen LogP contribution in [0.15, 0.2) is 17.1 Å². The van der Waals surface area contributed by atoms with Gasteiger partial charge < -0.3 is 14.0 Å². The summed E-state index contributed by atoms with van der Waals surface area (Å²) in [5.74, 6) is 0. The van der Waals surface area contributed by atoms with Crippen molar-refractivity contribution in [3.8, 4) is 0 Å². The van der Waals surface area contributed by atoms with Gasteiger partial charge in [0, 0.05) is 63.5 Å². The Hall–Kier alpha value is -1.80. The van der Waals surface area contributed by atoms with Crippen LogP contribution in [-0.2, 0) is 29.6 Å². The van der Waals surface area contributed by atoms with Crippen LogP contribution in [0.25, 0.3) is 10.9 Å². The zero-order valence-electron chi connectivity index (χ0n) is 16.2. The van der Waals surface area contributed by atoms with Gasteiger partial charge in [0.15, 0.2) is 5.43 Å². The van der Waals surface area contributed by atoms with E-state index >= 15 is 0 Å². The van der Waals surface area contributed by atoms with Crippen LogP contribution in [0.2, 0.25) is 0 Å². The van der Waals surface area contributed by atoms with Crippen LogP contribution in [0.5, 0.6) is 0 Å². The van der Waals surface area contributed by atoms with Gasteiger partial charge in [-0.1, -0.05) is 0 Å². The summed E-state index contributed by atoms with van der Waals surface area (Å²) in [5, 5.41) is 0.777. The maximum absolute atomic E-state index is 12.9. The first-order chi connectivity index (χ1) is 13.1. The van der Waals surface area contributed by atoms with Crippen LogP contribution in [0.1, 0.15) is 17.0 Å². The molecule has 27 heavy (non-hydrogen) atoms. The third-order valence-electron chi connectivity index (χ3n) is 5.43. The van der Waals surface area contributed by atoms with Gasteiger partial charge in [-0.15, -0.1) is 0 Å². The number of nitrogens with zero attached hydrogens (tertiary/aromatic N) is 4. The van der Waals surface area contributed by atoms with Crippen molar-refractivity contribution in [2.45, 2.75) is 20.0 Å². The molecule has 2 fully saturated rings. The molecular weight excluding hydrogens is 344 g/mol. The Morgan fingerprint density at radius 1 is 1.00 bits per heavy atom. The van der Waals surface area contributed by atoms with Gasteiger partial charge in [-0.05, 0) is 13.0 Å². The van der Waals surface area contributed by atoms with Crippen LogP contribution in [0.3, 0.4) is 0 Å². The molecule has 4 heterocycles. The molecule has 2 aliphatic heterocycles. The average Bonchev–Trinajstić information content (AvgIpc) is 2.67. The van der Waals surface area contributed by atoms with E-state index in [0.717, 1.165) is 93.6 Å². The van der Waals surface area contributed by atoms with Crippen molar-refractivity contribution in [1.82, 2.24) is 19.4 Å². The number of rotatable bonds is 4. The fourth-order valence-corrected chi connectivity index (χ4v) is 3.99. The number of hydrogen-bond acceptors (Lipinski definition) is 6. The standard InChI is InChI=1S/C20H28N4O3/c1-15-12-22(2)19-17(20(15)25)11-16(13-23-3-7-26-8-4-23)21-18(19)14-24-5-9-27-10-6-24/h11-12H,3-10,13-14H2,1-2H3. The second-order valence-electron chi connectivity index (χ2n) is 7.49. The molecule has 0 aliphatic carbocycles. The van der Waals surface area contributed by atoms with Crippen LogP contribution in [0, 0.1) is 6.92 Å². The molecule has 4 rings (SSSR count). The zero-order valence-corrected chi connectivity index (χ0v) is 16.2. The number of morpholine rings is 2. The molecule has 2 saturated heterocycles. The number of pyridine rings is 2. The molecular formula is C20H28N4O3. The Kier molecular flexibility index (Phi) is 5.54. The van der Waals surface area contributed by atoms with Crippen molar-refractivity contribution in [3.63, 3.8) is 0 Å². The second-order valence-corrected chi connectivity index (χ2v) is 7.49. The number of fused-ring (bicyclic) bond motifs is 1. The van der Waals surface area contributed by atoms with Gasteiger partial charge in [0.2, 0.25) is 0 Å². The van der Waals surface area contributed by atoms with E-state index in [9.17, 15) is 4.79 Å². The largest absolute Gasteiger partial charge is 0.379 e. The topological polar surface area (TPSA) is 59.8 Å². The van der Waals surface area contributed by atoms with Crippen molar-refractivity contribution in [3.05, 3.63) is 39.4 Å². The molecule has 0 spiro atoms. The highest BCUT2D eigenvalue weighted by Gasteiger charge is 2.19. The minimum absolute atomic E-state index is 0.108. The second kappa shape index (κ2) is 8.06. The van der Waals surface area contributed by atoms with Crippen molar-refractivity contribution in [2.75, 3.05) is 52.6 Å². The van der Waals surface area contributed by atoms with E-state index < -0.39 is 0 Å². The van der Waals surface area contributed by atoms with Gasteiger partial charge in [0.25, 0.3) is 0 Å². The minimum Gasteiger partial charge on any atom is -0.379 e. The molecule has 2 aromatic rings. The summed E-state index contributed by atoms with van der Waals surface area (Å²) in [6, 6.07) is 1.99. The molecule has 0 amide bonds. The van der Waals surface area contributed by atoms with Gasteiger partial charge in [-0.25, -0.2) is 0 Å². The first-order valence-electron chi connectivity index (χ1n) is 9.71. The zero-order chi connectivity index (χ0) is 18.8. The Labute approximate surface area is 159 Å². The predicted molar refractivity (Wildman–Crippen MR) is 104 cm³/mol. The van der Waals surface area contributed by atoms with Crippen molar-refractivity contribution < 1.29 is 9.47 Å². The predicted octanol–water partition coefficient (Wildman–Crippen LogP) is 0.906. The molecule has 0 radical (unpaired) electrons. The Bertz CT molecular complexity index is 868. The molecule has 2 aromatic heterocycles. The summed E-state index contributed by atoms with van der Waals surface area (Å²) < 4.78 is 13.0. The number of aromatic nitrogens is 2. The molecule has 0 aromatic carbocycles. The summed E-state index contributed by atoms with van der Waals surface area (Å²) in [4.78, 5) is 22.6. The third kappa shape index (κ3) is 4.06.